The van der Waals surface area contributed by atoms with Crippen LogP contribution in [-0.2, 0) is 39.1 Å². The molecular formula is C31H36ClN3O5S. The van der Waals surface area contributed by atoms with Crippen molar-refractivity contribution in [1.29, 1.82) is 0 Å². The molecule has 0 spiro atoms. The molecule has 1 fully saturated rings. The summed E-state index contributed by atoms with van der Waals surface area (Å²) < 4.78 is 32.3. The van der Waals surface area contributed by atoms with Crippen molar-refractivity contribution in [2.75, 3.05) is 20.2 Å². The SMILES string of the molecule is COc1ccc(CNC(=O)[C@H](C)N(Cc2ccc(Cl)cc2)C(=O)CCc2ccc(S(=O)(=O)N3CCCC3)cc2)cc1. The van der Waals surface area contributed by atoms with Crippen molar-refractivity contribution in [2.45, 2.75) is 56.6 Å². The molecule has 0 aromatic heterocycles. The van der Waals surface area contributed by atoms with E-state index in [-0.39, 0.29) is 29.7 Å². The molecule has 0 radical (unpaired) electrons. The van der Waals surface area contributed by atoms with Crippen LogP contribution in [0.4, 0.5) is 0 Å². The van der Waals surface area contributed by atoms with E-state index in [0.717, 1.165) is 35.3 Å². The first-order valence-electron chi connectivity index (χ1n) is 13.7. The summed E-state index contributed by atoms with van der Waals surface area (Å²) >= 11 is 6.04. The lowest BCUT2D eigenvalue weighted by Crippen LogP contribution is -2.47. The predicted octanol–water partition coefficient (Wildman–Crippen LogP) is 4.80. The molecule has 218 valence electrons. The van der Waals surface area contributed by atoms with E-state index in [0.29, 0.717) is 31.1 Å². The van der Waals surface area contributed by atoms with E-state index in [1.807, 2.05) is 36.4 Å². The summed E-state index contributed by atoms with van der Waals surface area (Å²) in [5, 5.41) is 3.52. The maximum Gasteiger partial charge on any atom is 0.243 e. The molecule has 8 nitrogen and oxygen atoms in total. The molecule has 0 unspecified atom stereocenters. The average Bonchev–Trinajstić information content (AvgIpc) is 3.55. The summed E-state index contributed by atoms with van der Waals surface area (Å²) in [7, 11) is -1.89. The number of nitrogens with one attached hydrogen (secondary N) is 1. The summed E-state index contributed by atoms with van der Waals surface area (Å²) in [5.74, 6) is 0.288. The van der Waals surface area contributed by atoms with E-state index in [4.69, 9.17) is 16.3 Å². The first-order chi connectivity index (χ1) is 19.7. The molecule has 3 aromatic rings. The lowest BCUT2D eigenvalue weighted by Gasteiger charge is -2.29. The van der Waals surface area contributed by atoms with Crippen molar-refractivity contribution in [3.63, 3.8) is 0 Å². The molecule has 4 rings (SSSR count). The number of hydrogen-bond acceptors (Lipinski definition) is 5. The summed E-state index contributed by atoms with van der Waals surface area (Å²) in [6, 6.07) is 20.6. The van der Waals surface area contributed by atoms with Gasteiger partial charge in [-0.1, -0.05) is 48.0 Å². The van der Waals surface area contributed by atoms with Gasteiger partial charge in [0.15, 0.2) is 0 Å². The number of halogens is 1. The molecule has 0 bridgehead atoms. The van der Waals surface area contributed by atoms with E-state index in [1.165, 1.54) is 4.31 Å². The minimum Gasteiger partial charge on any atom is -0.497 e. The molecule has 1 atom stereocenters. The number of amides is 2. The summed E-state index contributed by atoms with van der Waals surface area (Å²) in [5.41, 5.74) is 2.62. The molecule has 0 aliphatic carbocycles. The normalized spacial score (nSPS) is 14.4. The van der Waals surface area contributed by atoms with E-state index in [1.54, 1.807) is 55.3 Å². The number of carbonyl (C=O) groups excluding carboxylic acids is 2. The van der Waals surface area contributed by atoms with Gasteiger partial charge in [-0.15, -0.1) is 0 Å². The zero-order valence-electron chi connectivity index (χ0n) is 23.4. The molecule has 1 saturated heterocycles. The maximum absolute atomic E-state index is 13.5. The van der Waals surface area contributed by atoms with Crippen molar-refractivity contribution in [3.05, 3.63) is 94.5 Å². The second-order valence-corrected chi connectivity index (χ2v) is 12.5. The van der Waals surface area contributed by atoms with Crippen molar-refractivity contribution in [3.8, 4) is 5.75 Å². The Morgan fingerprint density at radius 2 is 1.51 bits per heavy atom. The highest BCUT2D eigenvalue weighted by Crippen LogP contribution is 2.22. The molecule has 1 aliphatic rings. The molecule has 1 heterocycles. The second kappa shape index (κ2) is 14.0. The topological polar surface area (TPSA) is 96.0 Å². The van der Waals surface area contributed by atoms with Gasteiger partial charge < -0.3 is 15.0 Å². The Kier molecular flexibility index (Phi) is 10.4. The number of carbonyl (C=O) groups is 2. The van der Waals surface area contributed by atoms with Crippen LogP contribution in [0.5, 0.6) is 5.75 Å². The fourth-order valence-electron chi connectivity index (χ4n) is 4.75. The van der Waals surface area contributed by atoms with E-state index in [9.17, 15) is 18.0 Å². The fraction of sp³-hybridized carbons (Fsp3) is 0.355. The van der Waals surface area contributed by atoms with E-state index >= 15 is 0 Å². The van der Waals surface area contributed by atoms with Gasteiger partial charge >= 0.3 is 0 Å². The highest BCUT2D eigenvalue weighted by molar-refractivity contribution is 7.89. The van der Waals surface area contributed by atoms with Crippen LogP contribution in [0.1, 0.15) is 42.9 Å². The number of nitrogens with zero attached hydrogens (tertiary/aromatic N) is 2. The maximum atomic E-state index is 13.5. The highest BCUT2D eigenvalue weighted by atomic mass is 35.5. The summed E-state index contributed by atoms with van der Waals surface area (Å²) in [6.07, 6.45) is 2.34. The largest absolute Gasteiger partial charge is 0.497 e. The van der Waals surface area contributed by atoms with Crippen molar-refractivity contribution >= 4 is 33.4 Å². The van der Waals surface area contributed by atoms with Crippen molar-refractivity contribution < 1.29 is 22.7 Å². The van der Waals surface area contributed by atoms with Crippen LogP contribution in [0, 0.1) is 0 Å². The van der Waals surface area contributed by atoms with Crippen LogP contribution in [-0.4, -0.2) is 55.7 Å². The quantitative estimate of drug-likeness (QED) is 0.324. The standard InChI is InChI=1S/C31H36ClN3O5S/c1-23(31(37)33-21-25-7-14-28(40-2)15-8-25)35(22-26-5-12-27(32)13-6-26)30(36)18-11-24-9-16-29(17-10-24)41(38,39)34-19-3-4-20-34/h5-10,12-17,23H,3-4,11,18-22H2,1-2H3,(H,33,37)/t23-/m0/s1. The third-order valence-electron chi connectivity index (χ3n) is 7.31. The smallest absolute Gasteiger partial charge is 0.243 e. The van der Waals surface area contributed by atoms with E-state index < -0.39 is 16.1 Å². The van der Waals surface area contributed by atoms with Crippen molar-refractivity contribution in [2.24, 2.45) is 0 Å². The summed E-state index contributed by atoms with van der Waals surface area (Å²) in [4.78, 5) is 28.4. The molecule has 2 amide bonds. The minimum absolute atomic E-state index is 0.169. The molecule has 1 N–H and O–H groups in total. The lowest BCUT2D eigenvalue weighted by molar-refractivity contribution is -0.140. The van der Waals surface area contributed by atoms with Gasteiger partial charge in [0.2, 0.25) is 21.8 Å². The fourth-order valence-corrected chi connectivity index (χ4v) is 6.39. The van der Waals surface area contributed by atoms with Gasteiger partial charge in [0.25, 0.3) is 0 Å². The third kappa shape index (κ3) is 8.09. The number of benzene rings is 3. The minimum atomic E-state index is -3.49. The van der Waals surface area contributed by atoms with Gasteiger partial charge in [-0.05, 0) is 79.3 Å². The Balaban J connectivity index is 1.41. The zero-order valence-corrected chi connectivity index (χ0v) is 25.0. The van der Waals surface area contributed by atoms with Crippen LogP contribution in [0.2, 0.25) is 5.02 Å². The monoisotopic (exact) mass is 597 g/mol. The Hall–Kier alpha value is -3.40. The number of hydrogen-bond donors (Lipinski definition) is 1. The zero-order chi connectivity index (χ0) is 29.4. The lowest BCUT2D eigenvalue weighted by atomic mass is 10.1. The van der Waals surface area contributed by atoms with Crippen LogP contribution in [0.15, 0.2) is 77.7 Å². The Morgan fingerprint density at radius 3 is 2.12 bits per heavy atom. The number of ether oxygens (including phenoxy) is 1. The van der Waals surface area contributed by atoms with Gasteiger partial charge in [0, 0.05) is 37.6 Å². The van der Waals surface area contributed by atoms with Gasteiger partial charge in [0.1, 0.15) is 11.8 Å². The highest BCUT2D eigenvalue weighted by Gasteiger charge is 2.28. The number of methoxy groups -OCH3 is 1. The molecule has 0 saturated carbocycles. The first kappa shape index (κ1) is 30.6. The van der Waals surface area contributed by atoms with Gasteiger partial charge in [-0.25, -0.2) is 8.42 Å². The predicted molar refractivity (Wildman–Crippen MR) is 159 cm³/mol. The molecule has 10 heteroatoms. The Labute approximate surface area is 247 Å². The molecule has 41 heavy (non-hydrogen) atoms. The number of sulfonamides is 1. The average molecular weight is 598 g/mol. The van der Waals surface area contributed by atoms with Crippen LogP contribution >= 0.6 is 11.6 Å². The molecular weight excluding hydrogens is 562 g/mol. The van der Waals surface area contributed by atoms with Crippen LogP contribution < -0.4 is 10.1 Å². The molecule has 3 aromatic carbocycles. The van der Waals surface area contributed by atoms with E-state index in [2.05, 4.69) is 5.32 Å². The Bertz CT molecular complexity index is 1420. The second-order valence-electron chi connectivity index (χ2n) is 10.1. The van der Waals surface area contributed by atoms with Crippen molar-refractivity contribution in [1.82, 2.24) is 14.5 Å². The number of aryl methyl sites for hydroxylation is 1. The van der Waals surface area contributed by atoms with Gasteiger partial charge in [-0.2, -0.15) is 4.31 Å². The first-order valence-corrected chi connectivity index (χ1v) is 15.5. The Morgan fingerprint density at radius 1 is 0.927 bits per heavy atom. The summed E-state index contributed by atoms with van der Waals surface area (Å²) in [6.45, 7) is 3.39. The van der Waals surface area contributed by atoms with Gasteiger partial charge in [0.05, 0.1) is 12.0 Å². The number of rotatable bonds is 12. The van der Waals surface area contributed by atoms with Crippen LogP contribution in [0.25, 0.3) is 0 Å². The molecule has 1 aliphatic heterocycles. The van der Waals surface area contributed by atoms with Crippen LogP contribution in [0.3, 0.4) is 0 Å². The van der Waals surface area contributed by atoms with Gasteiger partial charge in [-0.3, -0.25) is 9.59 Å². The third-order valence-corrected chi connectivity index (χ3v) is 9.48.